The molecule has 0 amide bonds. The third-order valence-corrected chi connectivity index (χ3v) is 2.32. The van der Waals surface area contributed by atoms with Crippen LogP contribution in [0.1, 0.15) is 51.9 Å². The van der Waals surface area contributed by atoms with Gasteiger partial charge in [-0.25, -0.2) is 0 Å². The minimum absolute atomic E-state index is 0. The number of nitrogens with two attached hydrogens (primary N) is 1. The van der Waals surface area contributed by atoms with E-state index in [1.165, 1.54) is 25.7 Å². The zero-order valence-corrected chi connectivity index (χ0v) is 10.6. The lowest BCUT2D eigenvalue weighted by Gasteiger charge is -2.04. The summed E-state index contributed by atoms with van der Waals surface area (Å²) in [5, 5.41) is 8.69. The molecule has 3 N–H and O–H groups in total. The Morgan fingerprint density at radius 3 is 2.27 bits per heavy atom. The summed E-state index contributed by atoms with van der Waals surface area (Å²) in [5.41, 5.74) is 5.58. The van der Waals surface area contributed by atoms with Gasteiger partial charge in [0.2, 0.25) is 0 Å². The van der Waals surface area contributed by atoms with Gasteiger partial charge in [-0.1, -0.05) is 31.9 Å². The fourth-order valence-corrected chi connectivity index (χ4v) is 1.34. The molecule has 0 saturated heterocycles. The van der Waals surface area contributed by atoms with Crippen molar-refractivity contribution in [2.75, 3.05) is 6.61 Å². The van der Waals surface area contributed by atoms with E-state index in [4.69, 9.17) is 10.8 Å². The topological polar surface area (TPSA) is 46.2 Å². The van der Waals surface area contributed by atoms with Crippen LogP contribution in [0.2, 0.25) is 0 Å². The van der Waals surface area contributed by atoms with E-state index in [0.29, 0.717) is 0 Å². The van der Waals surface area contributed by atoms with E-state index in [2.05, 4.69) is 19.1 Å². The van der Waals surface area contributed by atoms with Gasteiger partial charge >= 0.3 is 0 Å². The highest BCUT2D eigenvalue weighted by Crippen LogP contribution is 2.03. The van der Waals surface area contributed by atoms with Gasteiger partial charge in [0.1, 0.15) is 0 Å². The van der Waals surface area contributed by atoms with Crippen LogP contribution in [0.15, 0.2) is 12.2 Å². The van der Waals surface area contributed by atoms with E-state index in [-0.39, 0.29) is 25.1 Å². The molecule has 0 saturated carbocycles. The Morgan fingerprint density at radius 1 is 1.13 bits per heavy atom. The predicted octanol–water partition coefficient (Wildman–Crippen LogP) is 3.03. The Morgan fingerprint density at radius 2 is 1.73 bits per heavy atom. The molecule has 0 aliphatic heterocycles. The Labute approximate surface area is 100 Å². The quantitative estimate of drug-likeness (QED) is 0.477. The highest BCUT2D eigenvalue weighted by Gasteiger charge is 1.97. The van der Waals surface area contributed by atoms with Crippen LogP contribution in [0, 0.1) is 0 Å². The third-order valence-electron chi connectivity index (χ3n) is 2.32. The molecule has 0 spiro atoms. The molecule has 0 aliphatic carbocycles. The van der Waals surface area contributed by atoms with Gasteiger partial charge in [0.25, 0.3) is 0 Å². The lowest BCUT2D eigenvalue weighted by atomic mass is 10.1. The molecule has 0 radical (unpaired) electrons. The predicted molar refractivity (Wildman–Crippen MR) is 69.4 cm³/mol. The largest absolute Gasteiger partial charge is 0.395 e. The highest BCUT2D eigenvalue weighted by atomic mass is 35.5. The van der Waals surface area contributed by atoms with Crippen LogP contribution in [-0.4, -0.2) is 17.8 Å². The van der Waals surface area contributed by atoms with Gasteiger partial charge in [-0.05, 0) is 32.1 Å². The van der Waals surface area contributed by atoms with E-state index in [1.54, 1.807) is 0 Å². The lowest BCUT2D eigenvalue weighted by Crippen LogP contribution is -2.23. The number of hydrogen-bond acceptors (Lipinski definition) is 2. The van der Waals surface area contributed by atoms with E-state index >= 15 is 0 Å². The van der Waals surface area contributed by atoms with Crippen molar-refractivity contribution in [2.24, 2.45) is 5.73 Å². The normalized spacial score (nSPS) is 12.7. The van der Waals surface area contributed by atoms with Gasteiger partial charge in [-0.3, -0.25) is 0 Å². The van der Waals surface area contributed by atoms with Crippen molar-refractivity contribution in [3.63, 3.8) is 0 Å². The third kappa shape index (κ3) is 14.0. The van der Waals surface area contributed by atoms with Crippen molar-refractivity contribution in [1.82, 2.24) is 0 Å². The van der Waals surface area contributed by atoms with E-state index in [0.717, 1.165) is 19.3 Å². The van der Waals surface area contributed by atoms with Crippen molar-refractivity contribution in [1.29, 1.82) is 0 Å². The van der Waals surface area contributed by atoms with Gasteiger partial charge in [-0.2, -0.15) is 0 Å². The first-order valence-corrected chi connectivity index (χ1v) is 5.82. The Kier molecular flexibility index (Phi) is 16.1. The summed E-state index contributed by atoms with van der Waals surface area (Å²) >= 11 is 0. The molecule has 3 heteroatoms. The van der Waals surface area contributed by atoms with Crippen LogP contribution in [0.4, 0.5) is 0 Å². The zero-order valence-electron chi connectivity index (χ0n) is 9.82. The molecule has 0 rings (SSSR count). The molecule has 1 atom stereocenters. The number of rotatable bonds is 9. The van der Waals surface area contributed by atoms with E-state index in [1.807, 2.05) is 0 Å². The van der Waals surface area contributed by atoms with Crippen molar-refractivity contribution in [3.8, 4) is 0 Å². The summed E-state index contributed by atoms with van der Waals surface area (Å²) in [6, 6.07) is -0.0245. The van der Waals surface area contributed by atoms with Gasteiger partial charge in [-0.15, -0.1) is 12.4 Å². The number of hydrogen-bond donors (Lipinski definition) is 2. The summed E-state index contributed by atoms with van der Waals surface area (Å²) in [5.74, 6) is 0. The summed E-state index contributed by atoms with van der Waals surface area (Å²) < 4.78 is 0. The van der Waals surface area contributed by atoms with Crippen LogP contribution in [0.3, 0.4) is 0 Å². The fraction of sp³-hybridized carbons (Fsp3) is 0.833. The molecule has 0 bridgehead atoms. The minimum Gasteiger partial charge on any atom is -0.395 e. The Bertz CT molecular complexity index is 140. The molecule has 2 nitrogen and oxygen atoms in total. The average Bonchev–Trinajstić information content (AvgIpc) is 2.21. The molecule has 0 heterocycles. The molecule has 0 aliphatic rings. The van der Waals surface area contributed by atoms with Crippen molar-refractivity contribution >= 4 is 12.4 Å². The first-order valence-electron chi connectivity index (χ1n) is 5.82. The summed E-state index contributed by atoms with van der Waals surface area (Å²) in [7, 11) is 0. The molecule has 0 fully saturated rings. The standard InChI is InChI=1S/C12H25NO.ClH/c1-2-3-4-5-6-7-8-9-10-12(13)11-14;/h6-7,12,14H,2-5,8-11,13H2,1H3;1H/b7-6-;. The number of allylic oxidation sites excluding steroid dienone is 2. The second kappa shape index (κ2) is 13.9. The molecule has 0 aromatic heterocycles. The van der Waals surface area contributed by atoms with E-state index < -0.39 is 0 Å². The lowest BCUT2D eigenvalue weighted by molar-refractivity contribution is 0.258. The second-order valence-electron chi connectivity index (χ2n) is 3.84. The van der Waals surface area contributed by atoms with Crippen molar-refractivity contribution in [3.05, 3.63) is 12.2 Å². The number of unbranched alkanes of at least 4 members (excludes halogenated alkanes) is 4. The van der Waals surface area contributed by atoms with Crippen LogP contribution >= 0.6 is 12.4 Å². The number of aliphatic hydroxyl groups is 1. The monoisotopic (exact) mass is 235 g/mol. The SMILES string of the molecule is CCCCC/C=C\CCCC(N)CO.Cl. The van der Waals surface area contributed by atoms with Crippen molar-refractivity contribution < 1.29 is 5.11 Å². The minimum atomic E-state index is -0.0245. The zero-order chi connectivity index (χ0) is 10.6. The molecule has 1 unspecified atom stereocenters. The summed E-state index contributed by atoms with van der Waals surface area (Å²) in [6.45, 7) is 2.33. The highest BCUT2D eigenvalue weighted by molar-refractivity contribution is 5.85. The van der Waals surface area contributed by atoms with Crippen LogP contribution in [0.25, 0.3) is 0 Å². The van der Waals surface area contributed by atoms with Crippen LogP contribution in [0.5, 0.6) is 0 Å². The number of halogens is 1. The maximum atomic E-state index is 8.69. The molecular formula is C12H26ClNO. The Hall–Kier alpha value is -0.0500. The van der Waals surface area contributed by atoms with Gasteiger partial charge in [0.15, 0.2) is 0 Å². The second-order valence-corrected chi connectivity index (χ2v) is 3.84. The summed E-state index contributed by atoms with van der Waals surface area (Å²) in [6.07, 6.45) is 12.8. The van der Waals surface area contributed by atoms with Gasteiger partial charge in [0.05, 0.1) is 6.61 Å². The van der Waals surface area contributed by atoms with Crippen molar-refractivity contribution in [2.45, 2.75) is 57.9 Å². The average molecular weight is 236 g/mol. The molecule has 0 aromatic rings. The molecule has 92 valence electrons. The van der Waals surface area contributed by atoms with Gasteiger partial charge < -0.3 is 10.8 Å². The first kappa shape index (κ1) is 17.3. The van der Waals surface area contributed by atoms with Gasteiger partial charge in [0, 0.05) is 6.04 Å². The first-order chi connectivity index (χ1) is 6.81. The maximum Gasteiger partial charge on any atom is 0.0582 e. The fourth-order valence-electron chi connectivity index (χ4n) is 1.34. The smallest absolute Gasteiger partial charge is 0.0582 e. The van der Waals surface area contributed by atoms with Crippen LogP contribution < -0.4 is 5.73 Å². The van der Waals surface area contributed by atoms with E-state index in [9.17, 15) is 0 Å². The number of aliphatic hydroxyl groups excluding tert-OH is 1. The maximum absolute atomic E-state index is 8.69. The Balaban J connectivity index is 0. The molecule has 15 heavy (non-hydrogen) atoms. The summed E-state index contributed by atoms with van der Waals surface area (Å²) in [4.78, 5) is 0. The molecular weight excluding hydrogens is 210 g/mol. The molecule has 0 aromatic carbocycles. The van der Waals surface area contributed by atoms with Crippen LogP contribution in [-0.2, 0) is 0 Å².